The van der Waals surface area contributed by atoms with Crippen LogP contribution in [0.2, 0.25) is 0 Å². The van der Waals surface area contributed by atoms with Crippen LogP contribution in [0.1, 0.15) is 29.8 Å². The average Bonchev–Trinajstić information content (AvgIpc) is 2.61. The largest absolute Gasteiger partial charge is 0.525 e. The number of aryl methyl sites for hydroxylation is 1. The molecule has 0 saturated carbocycles. The Morgan fingerprint density at radius 2 is 1.70 bits per heavy atom. The van der Waals surface area contributed by atoms with Crippen LogP contribution in [0.3, 0.4) is 0 Å². The zero-order valence-corrected chi connectivity index (χ0v) is 17.3. The summed E-state index contributed by atoms with van der Waals surface area (Å²) in [7, 11) is 0. The molecule has 0 heterocycles. The van der Waals surface area contributed by atoms with Crippen LogP contribution in [0.5, 0.6) is 5.75 Å². The number of carbonyl (C=O) groups is 2. The molecule has 143 valence electrons. The average molecular weight is 425 g/mol. The zero-order valence-electron chi connectivity index (χ0n) is 15.3. The molecule has 2 aromatic carbocycles. The van der Waals surface area contributed by atoms with E-state index in [2.05, 4.69) is 16.9 Å². The summed E-state index contributed by atoms with van der Waals surface area (Å²) in [5, 5.41) is 3.55. The standard InChI is InChI=1S/C20H20NO4S.Mn/c1-5-24-16-6-8-17(9-7-16)26-18-10-11-19(13(2)12-18)20(23)14(3)21-25-15(4)22;/h6-12H,1,5H2,2-4H3;/q-1;/b21-14+;. The summed E-state index contributed by atoms with van der Waals surface area (Å²) in [6.45, 7) is 8.65. The van der Waals surface area contributed by atoms with Gasteiger partial charge in [-0.05, 0) is 68.5 Å². The van der Waals surface area contributed by atoms with Crippen molar-refractivity contribution in [2.24, 2.45) is 5.16 Å². The molecule has 0 bridgehead atoms. The monoisotopic (exact) mass is 425 g/mol. The first-order valence-electron chi connectivity index (χ1n) is 7.98. The maximum atomic E-state index is 12.4. The molecular weight excluding hydrogens is 405 g/mol. The third-order valence-corrected chi connectivity index (χ3v) is 4.41. The van der Waals surface area contributed by atoms with Crippen LogP contribution < -0.4 is 4.74 Å². The van der Waals surface area contributed by atoms with Gasteiger partial charge < -0.3 is 16.5 Å². The van der Waals surface area contributed by atoms with Crippen molar-refractivity contribution in [3.8, 4) is 5.75 Å². The van der Waals surface area contributed by atoms with Gasteiger partial charge in [0.25, 0.3) is 0 Å². The molecule has 0 aliphatic rings. The Hall–Kier alpha value is -2.08. The summed E-state index contributed by atoms with van der Waals surface area (Å²) >= 11 is 1.59. The fourth-order valence-corrected chi connectivity index (χ4v) is 3.10. The molecule has 27 heavy (non-hydrogen) atoms. The number of oxime groups is 1. The van der Waals surface area contributed by atoms with E-state index in [1.165, 1.54) is 13.8 Å². The number of Topliss-reactive ketones (excluding diaryl/α,β-unsaturated/α-hetero) is 1. The topological polar surface area (TPSA) is 65.0 Å². The molecular formula is C20H20MnNO4S-. The van der Waals surface area contributed by atoms with Gasteiger partial charge in [-0.25, -0.2) is 4.79 Å². The van der Waals surface area contributed by atoms with Crippen molar-refractivity contribution in [2.45, 2.75) is 30.6 Å². The molecule has 2 aromatic rings. The molecule has 0 amide bonds. The Morgan fingerprint density at radius 3 is 2.26 bits per heavy atom. The molecule has 7 heteroatoms. The van der Waals surface area contributed by atoms with Crippen LogP contribution >= 0.6 is 11.8 Å². The molecule has 0 aromatic heterocycles. The van der Waals surface area contributed by atoms with Crippen molar-refractivity contribution in [3.05, 3.63) is 60.5 Å². The summed E-state index contributed by atoms with van der Waals surface area (Å²) in [4.78, 5) is 29.8. The Balaban J connectivity index is 0.00000364. The maximum Gasteiger partial charge on any atom is 0.331 e. The van der Waals surface area contributed by atoms with E-state index in [-0.39, 0.29) is 28.6 Å². The first-order valence-corrected chi connectivity index (χ1v) is 8.80. The predicted octanol–water partition coefficient (Wildman–Crippen LogP) is 4.48. The molecule has 0 N–H and O–H groups in total. The molecule has 0 aliphatic carbocycles. The quantitative estimate of drug-likeness (QED) is 0.163. The molecule has 0 aliphatic heterocycles. The van der Waals surface area contributed by atoms with Crippen LogP contribution in [0.4, 0.5) is 0 Å². The van der Waals surface area contributed by atoms with Crippen LogP contribution in [0.15, 0.2) is 57.4 Å². The van der Waals surface area contributed by atoms with Crippen molar-refractivity contribution < 1.29 is 36.2 Å². The number of hydrogen-bond acceptors (Lipinski definition) is 6. The Morgan fingerprint density at radius 1 is 1.07 bits per heavy atom. The number of hydrogen-bond donors (Lipinski definition) is 0. The zero-order chi connectivity index (χ0) is 19.1. The van der Waals surface area contributed by atoms with Gasteiger partial charge in [0.05, 0.1) is 0 Å². The summed E-state index contributed by atoms with van der Waals surface area (Å²) in [6.07, 6.45) is 0. The SMILES string of the molecule is [CH2-]COc1ccc(Sc2ccc(C(=O)/C(C)=N/OC(C)=O)c(C)c2)cc1.[Mn]. The van der Waals surface area contributed by atoms with E-state index in [4.69, 9.17) is 4.74 Å². The minimum Gasteiger partial charge on any atom is -0.525 e. The van der Waals surface area contributed by atoms with Crippen molar-refractivity contribution in [1.29, 1.82) is 0 Å². The molecule has 0 unspecified atom stereocenters. The van der Waals surface area contributed by atoms with Crippen LogP contribution in [0.25, 0.3) is 0 Å². The van der Waals surface area contributed by atoms with E-state index in [1.54, 1.807) is 17.8 Å². The molecule has 0 saturated heterocycles. The third-order valence-electron chi connectivity index (χ3n) is 3.41. The number of nitrogens with zero attached hydrogens (tertiary/aromatic N) is 1. The van der Waals surface area contributed by atoms with E-state index in [9.17, 15) is 9.59 Å². The van der Waals surface area contributed by atoms with Gasteiger partial charge in [0.1, 0.15) is 11.5 Å². The summed E-state index contributed by atoms with van der Waals surface area (Å²) < 4.78 is 5.33. The van der Waals surface area contributed by atoms with Gasteiger partial charge in [-0.3, -0.25) is 4.79 Å². The van der Waals surface area contributed by atoms with Crippen molar-refractivity contribution >= 4 is 29.2 Å². The molecule has 1 radical (unpaired) electrons. The summed E-state index contributed by atoms with van der Waals surface area (Å²) in [6, 6.07) is 13.3. The van der Waals surface area contributed by atoms with Crippen molar-refractivity contribution in [3.63, 3.8) is 0 Å². The Bertz CT molecular complexity index is 834. The van der Waals surface area contributed by atoms with E-state index >= 15 is 0 Å². The minimum atomic E-state index is -0.563. The van der Waals surface area contributed by atoms with Crippen LogP contribution in [-0.2, 0) is 26.7 Å². The molecule has 0 atom stereocenters. The fourth-order valence-electron chi connectivity index (χ4n) is 2.18. The van der Waals surface area contributed by atoms with Gasteiger partial charge in [-0.15, -0.1) is 0 Å². The Labute approximate surface area is 174 Å². The molecule has 0 spiro atoms. The third kappa shape index (κ3) is 6.86. The molecule has 0 fully saturated rings. The van der Waals surface area contributed by atoms with Crippen LogP contribution in [0, 0.1) is 13.8 Å². The minimum absolute atomic E-state index is 0. The van der Waals surface area contributed by atoms with Gasteiger partial charge in [-0.2, -0.15) is 0 Å². The van der Waals surface area contributed by atoms with E-state index in [0.29, 0.717) is 12.2 Å². The maximum absolute atomic E-state index is 12.4. The number of carbonyl (C=O) groups excluding carboxylic acids is 2. The molecule has 5 nitrogen and oxygen atoms in total. The van der Waals surface area contributed by atoms with Gasteiger partial charge >= 0.3 is 5.97 Å². The first-order chi connectivity index (χ1) is 12.4. The fraction of sp³-hybridized carbons (Fsp3) is 0.200. The van der Waals surface area contributed by atoms with E-state index in [0.717, 1.165) is 21.1 Å². The van der Waals surface area contributed by atoms with Crippen molar-refractivity contribution in [2.75, 3.05) is 6.61 Å². The smallest absolute Gasteiger partial charge is 0.331 e. The Kier molecular flexibility index (Phi) is 9.29. The molecule has 2 rings (SSSR count). The van der Waals surface area contributed by atoms with Crippen LogP contribution in [-0.4, -0.2) is 24.1 Å². The first kappa shape index (κ1) is 23.0. The van der Waals surface area contributed by atoms with Gasteiger partial charge in [0.15, 0.2) is 0 Å². The summed E-state index contributed by atoms with van der Waals surface area (Å²) in [5.74, 6) is -0.0498. The summed E-state index contributed by atoms with van der Waals surface area (Å²) in [5.41, 5.74) is 1.49. The number of ketones is 1. The number of benzene rings is 2. The normalized spacial score (nSPS) is 10.7. The number of rotatable bonds is 7. The van der Waals surface area contributed by atoms with E-state index < -0.39 is 5.97 Å². The second kappa shape index (κ2) is 10.9. The second-order valence-electron chi connectivity index (χ2n) is 5.49. The van der Waals surface area contributed by atoms with Crippen molar-refractivity contribution in [1.82, 2.24) is 0 Å². The predicted molar refractivity (Wildman–Crippen MR) is 102 cm³/mol. The second-order valence-corrected chi connectivity index (χ2v) is 6.63. The van der Waals surface area contributed by atoms with E-state index in [1.807, 2.05) is 43.3 Å². The van der Waals surface area contributed by atoms with Gasteiger partial charge in [0, 0.05) is 39.3 Å². The van der Waals surface area contributed by atoms with Gasteiger partial charge in [-0.1, -0.05) is 16.9 Å². The number of ether oxygens (including phenoxy) is 1. The van der Waals surface area contributed by atoms with Gasteiger partial charge in [0.2, 0.25) is 5.78 Å².